The van der Waals surface area contributed by atoms with Gasteiger partial charge in [0.2, 0.25) is 11.8 Å². The molecule has 3 atom stereocenters. The molecule has 0 saturated heterocycles. The number of aliphatic hydroxyl groups is 1. The van der Waals surface area contributed by atoms with Crippen molar-refractivity contribution in [1.82, 2.24) is 16.1 Å². The van der Waals surface area contributed by atoms with E-state index in [4.69, 9.17) is 5.21 Å². The number of carbonyl (C=O) groups is 3. The number of likely N-dealkylation sites (N-methyl/N-ethyl adjacent to an activating group) is 1. The van der Waals surface area contributed by atoms with Gasteiger partial charge in [0.15, 0.2) is 0 Å². The third kappa shape index (κ3) is 5.54. The largest absolute Gasteiger partial charge is 0.382 e. The Morgan fingerprint density at radius 3 is 2.00 bits per heavy atom. The molecule has 0 spiro atoms. The summed E-state index contributed by atoms with van der Waals surface area (Å²) in [6, 6.07) is -0.786. The molecule has 0 aromatic heterocycles. The van der Waals surface area contributed by atoms with Gasteiger partial charge in [-0.2, -0.15) is 0 Å². The molecule has 0 aromatic carbocycles. The maximum absolute atomic E-state index is 12.1. The molecule has 0 aliphatic rings. The number of hydrogen-bond donors (Lipinski definition) is 5. The SMILES string of the molecule is CNC(=O)C(C)NC(=O)C(CC(C)C)C(O)C(=O)NO. The Hall–Kier alpha value is -1.67. The van der Waals surface area contributed by atoms with Crippen molar-refractivity contribution < 1.29 is 24.7 Å². The molecule has 0 fully saturated rings. The average Bonchev–Trinajstić information content (AvgIpc) is 2.41. The Labute approximate surface area is 117 Å². The normalized spacial score (nSPS) is 15.2. The van der Waals surface area contributed by atoms with E-state index in [9.17, 15) is 19.5 Å². The van der Waals surface area contributed by atoms with Crippen molar-refractivity contribution in [1.29, 1.82) is 0 Å². The second-order valence-corrected chi connectivity index (χ2v) is 5.00. The summed E-state index contributed by atoms with van der Waals surface area (Å²) in [6.07, 6.45) is -1.44. The molecule has 0 heterocycles. The highest BCUT2D eigenvalue weighted by atomic mass is 16.5. The van der Waals surface area contributed by atoms with Crippen LogP contribution in [0.15, 0.2) is 0 Å². The van der Waals surface area contributed by atoms with E-state index < -0.39 is 29.9 Å². The summed E-state index contributed by atoms with van der Waals surface area (Å²) >= 11 is 0. The first-order valence-corrected chi connectivity index (χ1v) is 6.38. The lowest BCUT2D eigenvalue weighted by Crippen LogP contribution is -2.50. The first kappa shape index (κ1) is 18.3. The maximum atomic E-state index is 12.1. The Kier molecular flexibility index (Phi) is 7.78. The topological polar surface area (TPSA) is 128 Å². The summed E-state index contributed by atoms with van der Waals surface area (Å²) in [7, 11) is 1.44. The van der Waals surface area contributed by atoms with Crippen molar-refractivity contribution in [2.24, 2.45) is 11.8 Å². The molecule has 0 aromatic rings. The van der Waals surface area contributed by atoms with E-state index >= 15 is 0 Å². The van der Waals surface area contributed by atoms with E-state index in [0.717, 1.165) is 0 Å². The van der Waals surface area contributed by atoms with Gasteiger partial charge in [0.1, 0.15) is 12.1 Å². The van der Waals surface area contributed by atoms with Crippen LogP contribution < -0.4 is 16.1 Å². The van der Waals surface area contributed by atoms with Crippen LogP contribution in [0, 0.1) is 11.8 Å². The molecular weight excluding hydrogens is 266 g/mol. The highest BCUT2D eigenvalue weighted by Gasteiger charge is 2.33. The minimum atomic E-state index is -1.68. The third-order valence-electron chi connectivity index (χ3n) is 2.82. The summed E-state index contributed by atoms with van der Waals surface area (Å²) in [5.74, 6) is -3.07. The fraction of sp³-hybridized carbons (Fsp3) is 0.750. The third-order valence-corrected chi connectivity index (χ3v) is 2.82. The lowest BCUT2D eigenvalue weighted by atomic mass is 9.90. The quantitative estimate of drug-likeness (QED) is 0.296. The Morgan fingerprint density at radius 1 is 1.05 bits per heavy atom. The molecular formula is C12H23N3O5. The number of amides is 3. The summed E-state index contributed by atoms with van der Waals surface area (Å²) in [5.41, 5.74) is 1.31. The molecule has 0 radical (unpaired) electrons. The van der Waals surface area contributed by atoms with E-state index in [2.05, 4.69) is 10.6 Å². The Morgan fingerprint density at radius 2 is 1.60 bits per heavy atom. The van der Waals surface area contributed by atoms with Gasteiger partial charge in [0.05, 0.1) is 5.92 Å². The minimum absolute atomic E-state index is 0.0437. The second kappa shape index (κ2) is 8.49. The van der Waals surface area contributed by atoms with Crippen LogP contribution in [-0.2, 0) is 14.4 Å². The fourth-order valence-electron chi connectivity index (χ4n) is 1.74. The van der Waals surface area contributed by atoms with Crippen LogP contribution in [0.2, 0.25) is 0 Å². The number of rotatable bonds is 7. The van der Waals surface area contributed by atoms with Crippen molar-refractivity contribution in [3.8, 4) is 0 Å². The summed E-state index contributed by atoms with van der Waals surface area (Å²) < 4.78 is 0. The van der Waals surface area contributed by atoms with Crippen molar-refractivity contribution in [3.05, 3.63) is 0 Å². The van der Waals surface area contributed by atoms with Crippen molar-refractivity contribution in [2.45, 2.75) is 39.3 Å². The van der Waals surface area contributed by atoms with Gasteiger partial charge in [0, 0.05) is 7.05 Å². The van der Waals surface area contributed by atoms with Crippen LogP contribution in [0.25, 0.3) is 0 Å². The first-order valence-electron chi connectivity index (χ1n) is 6.38. The van der Waals surface area contributed by atoms with Gasteiger partial charge in [-0.25, -0.2) is 5.48 Å². The molecule has 8 heteroatoms. The van der Waals surface area contributed by atoms with Gasteiger partial charge < -0.3 is 15.7 Å². The standard InChI is InChI=1S/C12H23N3O5/c1-6(2)5-8(9(16)12(19)15-20)11(18)14-7(3)10(17)13-4/h6-9,16,20H,5H2,1-4H3,(H,13,17)(H,14,18)(H,15,19). The molecule has 0 aliphatic heterocycles. The molecule has 8 nitrogen and oxygen atoms in total. The zero-order chi connectivity index (χ0) is 15.9. The smallest absolute Gasteiger partial charge is 0.272 e. The molecule has 0 saturated carbocycles. The van der Waals surface area contributed by atoms with Crippen LogP contribution in [-0.4, -0.2) is 47.2 Å². The number of nitrogens with one attached hydrogen (secondary N) is 3. The molecule has 3 amide bonds. The van der Waals surface area contributed by atoms with Crippen LogP contribution in [0.3, 0.4) is 0 Å². The van der Waals surface area contributed by atoms with E-state index in [1.165, 1.54) is 19.5 Å². The molecule has 116 valence electrons. The molecule has 3 unspecified atom stereocenters. The van der Waals surface area contributed by atoms with Crippen molar-refractivity contribution >= 4 is 17.7 Å². The number of carbonyl (C=O) groups excluding carboxylic acids is 3. The van der Waals surface area contributed by atoms with Gasteiger partial charge in [0.25, 0.3) is 5.91 Å². The van der Waals surface area contributed by atoms with E-state index in [1.54, 1.807) is 0 Å². The predicted octanol–water partition coefficient (Wildman–Crippen LogP) is -1.23. The summed E-state index contributed by atoms with van der Waals surface area (Å²) in [4.78, 5) is 34.6. The van der Waals surface area contributed by atoms with Crippen molar-refractivity contribution in [3.63, 3.8) is 0 Å². The second-order valence-electron chi connectivity index (χ2n) is 5.00. The zero-order valence-corrected chi connectivity index (χ0v) is 12.1. The number of hydrogen-bond acceptors (Lipinski definition) is 5. The monoisotopic (exact) mass is 289 g/mol. The molecule has 0 rings (SSSR count). The average molecular weight is 289 g/mol. The molecule has 5 N–H and O–H groups in total. The lowest BCUT2D eigenvalue weighted by molar-refractivity contribution is -0.147. The van der Waals surface area contributed by atoms with Gasteiger partial charge in [-0.05, 0) is 19.3 Å². The van der Waals surface area contributed by atoms with Crippen LogP contribution in [0.1, 0.15) is 27.2 Å². The molecule has 0 aliphatic carbocycles. The maximum Gasteiger partial charge on any atom is 0.272 e. The lowest BCUT2D eigenvalue weighted by Gasteiger charge is -2.24. The van der Waals surface area contributed by atoms with Crippen LogP contribution in [0.5, 0.6) is 0 Å². The summed E-state index contributed by atoms with van der Waals surface area (Å²) in [5, 5.41) is 23.1. The highest BCUT2D eigenvalue weighted by molar-refractivity contribution is 5.91. The fourth-order valence-corrected chi connectivity index (χ4v) is 1.74. The van der Waals surface area contributed by atoms with Gasteiger partial charge >= 0.3 is 0 Å². The zero-order valence-electron chi connectivity index (χ0n) is 12.1. The van der Waals surface area contributed by atoms with E-state index in [1.807, 2.05) is 13.8 Å². The Balaban J connectivity index is 4.90. The minimum Gasteiger partial charge on any atom is -0.382 e. The summed E-state index contributed by atoms with van der Waals surface area (Å²) in [6.45, 7) is 5.14. The Bertz CT molecular complexity index is 359. The van der Waals surface area contributed by atoms with Crippen LogP contribution in [0.4, 0.5) is 0 Å². The predicted molar refractivity (Wildman–Crippen MR) is 70.6 cm³/mol. The van der Waals surface area contributed by atoms with Gasteiger partial charge in [-0.3, -0.25) is 19.6 Å². The first-order chi connectivity index (χ1) is 9.24. The molecule has 0 bridgehead atoms. The highest BCUT2D eigenvalue weighted by Crippen LogP contribution is 2.16. The van der Waals surface area contributed by atoms with E-state index in [0.29, 0.717) is 0 Å². The number of aliphatic hydroxyl groups excluding tert-OH is 1. The van der Waals surface area contributed by atoms with Crippen LogP contribution >= 0.6 is 0 Å². The van der Waals surface area contributed by atoms with Gasteiger partial charge in [-0.15, -0.1) is 0 Å². The van der Waals surface area contributed by atoms with Gasteiger partial charge in [-0.1, -0.05) is 13.8 Å². The van der Waals surface area contributed by atoms with E-state index in [-0.39, 0.29) is 18.2 Å². The number of hydroxylamine groups is 1. The molecule has 20 heavy (non-hydrogen) atoms. The van der Waals surface area contributed by atoms with Crippen molar-refractivity contribution in [2.75, 3.05) is 7.05 Å².